The predicted molar refractivity (Wildman–Crippen MR) is 242 cm³/mol. The molecule has 0 bridgehead atoms. The molecule has 0 aliphatic carbocycles. The molecule has 0 saturated carbocycles. The van der Waals surface area contributed by atoms with Crippen LogP contribution in [0.5, 0.6) is 5.75 Å². The number of phenolic OH excluding ortho intramolecular Hbond substituents is 1. The minimum absolute atomic E-state index is 0.0314. The number of aromatic hydroxyl groups is 1. The zero-order chi connectivity index (χ0) is 42.7. The Bertz CT molecular complexity index is 2370. The number of allylic oxidation sites excluding steroid dienone is 1. The van der Waals surface area contributed by atoms with Crippen molar-refractivity contribution in [3.05, 3.63) is 161 Å². The molecule has 11 heteroatoms. The molecule has 0 unspecified atom stereocenters. The van der Waals surface area contributed by atoms with Crippen molar-refractivity contribution in [3.8, 4) is 16.9 Å². The van der Waals surface area contributed by atoms with Crippen LogP contribution in [-0.2, 0) is 22.4 Å². The normalized spacial score (nSPS) is 14.4. The van der Waals surface area contributed by atoms with Crippen LogP contribution in [0.1, 0.15) is 58.0 Å². The fourth-order valence-electron chi connectivity index (χ4n) is 7.76. The summed E-state index contributed by atoms with van der Waals surface area (Å²) < 4.78 is 5.78. The second kappa shape index (κ2) is 20.2. The summed E-state index contributed by atoms with van der Waals surface area (Å²) in [5.74, 6) is 0.0353. The number of anilines is 3. The summed E-state index contributed by atoms with van der Waals surface area (Å²) in [5.41, 5.74) is 8.54. The molecule has 1 saturated heterocycles. The van der Waals surface area contributed by atoms with Crippen molar-refractivity contribution in [2.75, 3.05) is 55.3 Å². The Morgan fingerprint density at radius 3 is 2.43 bits per heavy atom. The molecule has 5 aromatic rings. The van der Waals surface area contributed by atoms with Gasteiger partial charge in [-0.1, -0.05) is 104 Å². The molecule has 2 heterocycles. The van der Waals surface area contributed by atoms with E-state index in [4.69, 9.17) is 4.74 Å². The number of carbonyl (C=O) groups excluding carboxylic acids is 3. The van der Waals surface area contributed by atoms with Crippen LogP contribution < -0.4 is 20.9 Å². The molecule has 0 radical (unpaired) electrons. The van der Waals surface area contributed by atoms with E-state index in [1.807, 2.05) is 103 Å². The molecule has 0 spiro atoms. The topological polar surface area (TPSA) is 143 Å². The van der Waals surface area contributed by atoms with E-state index < -0.39 is 12.2 Å². The summed E-state index contributed by atoms with van der Waals surface area (Å²) >= 11 is 0. The second-order valence-electron chi connectivity index (χ2n) is 15.6. The monoisotopic (exact) mass is 819 g/mol. The third-order valence-electron chi connectivity index (χ3n) is 11.3. The molecular formula is C50H53N5O6. The smallest absolute Gasteiger partial charge is 0.411 e. The molecule has 61 heavy (non-hydrogen) atoms. The number of hydrogen-bond donors (Lipinski definition) is 5. The number of aliphatic hydroxyl groups is 1. The van der Waals surface area contributed by atoms with E-state index in [9.17, 15) is 24.6 Å². The maximum absolute atomic E-state index is 13.3. The minimum atomic E-state index is -0.759. The Hall–Kier alpha value is -6.53. The number of aliphatic hydroxyl groups excluding tert-OH is 1. The van der Waals surface area contributed by atoms with E-state index in [0.29, 0.717) is 67.2 Å². The molecular weight excluding hydrogens is 767 g/mol. The number of piperidine rings is 1. The number of hydrogen-bond acceptors (Lipinski definition) is 9. The lowest BCUT2D eigenvalue weighted by Gasteiger charge is -2.31. The summed E-state index contributed by atoms with van der Waals surface area (Å²) in [5, 5.41) is 30.4. The zero-order valence-corrected chi connectivity index (χ0v) is 34.5. The molecule has 5 aromatic carbocycles. The Kier molecular flexibility index (Phi) is 14.1. The summed E-state index contributed by atoms with van der Waals surface area (Å²) in [6.45, 7) is 6.91. The quantitative estimate of drug-likeness (QED) is 0.0377. The lowest BCUT2D eigenvalue weighted by molar-refractivity contribution is -0.118. The largest absolute Gasteiger partial charge is 0.506 e. The fourth-order valence-corrected chi connectivity index (χ4v) is 7.76. The number of ketones is 1. The van der Waals surface area contributed by atoms with Gasteiger partial charge in [-0.3, -0.25) is 14.9 Å². The number of Topliss-reactive ketones (excluding diaryl/α,β-unsaturated/α-hetero) is 1. The third kappa shape index (κ3) is 11.2. The van der Waals surface area contributed by atoms with Gasteiger partial charge in [0.1, 0.15) is 11.9 Å². The summed E-state index contributed by atoms with van der Waals surface area (Å²) in [6.07, 6.45) is 4.91. The standard InChI is InChI=1S/C50H53N5O6/c1-34-15-20-43-42(21-22-45(56)49(43)52-34)47(58)33-51-27-23-35-16-18-36(19-17-35)31-46(57)38-11-8-12-39(32-38)54(2)48(59)26-30-55-28-24-40(25-29-55)61-50(60)53-44-14-7-6-13-41(44)37-9-4-3-5-10-37/h3-22,32,40,47,51-52,56,58H,1,23-31,33H2,2H3,(H,53,60)/t47-/m0/s1. The second-order valence-corrected chi connectivity index (χ2v) is 15.6. The molecule has 11 nitrogen and oxygen atoms in total. The molecule has 5 N–H and O–H groups in total. The molecule has 2 aliphatic heterocycles. The number of para-hydroxylation sites is 1. The van der Waals surface area contributed by atoms with Crippen molar-refractivity contribution in [2.45, 2.75) is 44.3 Å². The van der Waals surface area contributed by atoms with Crippen molar-refractivity contribution in [1.29, 1.82) is 0 Å². The minimum Gasteiger partial charge on any atom is -0.506 e. The molecule has 314 valence electrons. The van der Waals surface area contributed by atoms with Crippen LogP contribution in [0.4, 0.5) is 21.9 Å². The number of likely N-dealkylation sites (tertiary alicyclic amines) is 1. The fraction of sp³-hybridized carbons (Fsp3) is 0.260. The molecule has 2 amide bonds. The average Bonchev–Trinajstić information content (AvgIpc) is 3.28. The number of carbonyl (C=O) groups is 3. The van der Waals surface area contributed by atoms with Crippen LogP contribution >= 0.6 is 0 Å². The van der Waals surface area contributed by atoms with E-state index in [1.54, 1.807) is 36.2 Å². The molecule has 2 aliphatic rings. The van der Waals surface area contributed by atoms with Gasteiger partial charge in [-0.2, -0.15) is 0 Å². The SMILES string of the molecule is C=C1C=Cc2c([C@@H](O)CNCCc3ccc(CC(=O)c4cccc(N(C)C(=O)CCN5CCC(OC(=O)Nc6ccccc6-c6ccccc6)CC5)c4)cc3)ccc(O)c2N1. The van der Waals surface area contributed by atoms with Gasteiger partial charge in [0, 0.05) is 74.1 Å². The Labute approximate surface area is 357 Å². The number of nitrogens with one attached hydrogen (secondary N) is 3. The number of amides is 2. The van der Waals surface area contributed by atoms with Gasteiger partial charge in [0.15, 0.2) is 5.78 Å². The Morgan fingerprint density at radius 2 is 1.64 bits per heavy atom. The number of phenols is 1. The first kappa shape index (κ1) is 42.6. The van der Waals surface area contributed by atoms with Crippen molar-refractivity contribution in [2.24, 2.45) is 0 Å². The Balaban J connectivity index is 0.812. The summed E-state index contributed by atoms with van der Waals surface area (Å²) in [7, 11) is 1.74. The van der Waals surface area contributed by atoms with Gasteiger partial charge in [0.05, 0.1) is 17.5 Å². The van der Waals surface area contributed by atoms with E-state index >= 15 is 0 Å². The number of benzene rings is 5. The Morgan fingerprint density at radius 1 is 0.902 bits per heavy atom. The van der Waals surface area contributed by atoms with E-state index in [-0.39, 0.29) is 30.0 Å². The summed E-state index contributed by atoms with van der Waals surface area (Å²) in [6, 6.07) is 36.0. The highest BCUT2D eigenvalue weighted by atomic mass is 16.6. The predicted octanol–water partition coefficient (Wildman–Crippen LogP) is 8.37. The number of nitrogens with zero attached hydrogens (tertiary/aromatic N) is 2. The van der Waals surface area contributed by atoms with Crippen LogP contribution in [0.15, 0.2) is 134 Å². The van der Waals surface area contributed by atoms with Crippen LogP contribution in [0.3, 0.4) is 0 Å². The average molecular weight is 820 g/mol. The van der Waals surface area contributed by atoms with E-state index in [1.165, 1.54) is 0 Å². The number of ether oxygens (including phenoxy) is 1. The molecule has 1 fully saturated rings. The van der Waals surface area contributed by atoms with E-state index in [0.717, 1.165) is 52.9 Å². The maximum atomic E-state index is 13.3. The van der Waals surface area contributed by atoms with Crippen molar-refractivity contribution < 1.29 is 29.3 Å². The van der Waals surface area contributed by atoms with Gasteiger partial charge < -0.3 is 35.4 Å². The zero-order valence-electron chi connectivity index (χ0n) is 34.5. The van der Waals surface area contributed by atoms with E-state index in [2.05, 4.69) is 27.4 Å². The third-order valence-corrected chi connectivity index (χ3v) is 11.3. The van der Waals surface area contributed by atoms with Crippen molar-refractivity contribution in [1.82, 2.24) is 10.2 Å². The van der Waals surface area contributed by atoms with Crippen molar-refractivity contribution >= 4 is 40.9 Å². The first-order valence-corrected chi connectivity index (χ1v) is 20.8. The van der Waals surface area contributed by atoms with Crippen LogP contribution in [0, 0.1) is 0 Å². The molecule has 0 aromatic heterocycles. The molecule has 7 rings (SSSR count). The molecule has 1 atom stereocenters. The first-order valence-electron chi connectivity index (χ1n) is 20.8. The van der Waals surface area contributed by atoms with Gasteiger partial charge in [-0.25, -0.2) is 4.79 Å². The highest BCUT2D eigenvalue weighted by molar-refractivity contribution is 6.00. The number of fused-ring (bicyclic) bond motifs is 1. The highest BCUT2D eigenvalue weighted by Crippen LogP contribution is 2.37. The lowest BCUT2D eigenvalue weighted by atomic mass is 9.97. The van der Waals surface area contributed by atoms with Crippen LogP contribution in [-0.4, -0.2) is 78.8 Å². The van der Waals surface area contributed by atoms with Crippen LogP contribution in [0.2, 0.25) is 0 Å². The lowest BCUT2D eigenvalue weighted by Crippen LogP contribution is -2.40. The highest BCUT2D eigenvalue weighted by Gasteiger charge is 2.24. The van der Waals surface area contributed by atoms with Gasteiger partial charge in [0.2, 0.25) is 5.91 Å². The first-order chi connectivity index (χ1) is 29.6. The van der Waals surface area contributed by atoms with Gasteiger partial charge >= 0.3 is 6.09 Å². The maximum Gasteiger partial charge on any atom is 0.411 e. The number of rotatable bonds is 16. The van der Waals surface area contributed by atoms with Gasteiger partial charge in [-0.15, -0.1) is 0 Å². The van der Waals surface area contributed by atoms with Crippen LogP contribution in [0.25, 0.3) is 17.2 Å². The summed E-state index contributed by atoms with van der Waals surface area (Å²) in [4.78, 5) is 43.3. The van der Waals surface area contributed by atoms with Gasteiger partial charge in [-0.05, 0) is 78.4 Å². The van der Waals surface area contributed by atoms with Gasteiger partial charge in [0.25, 0.3) is 0 Å². The van der Waals surface area contributed by atoms with Crippen molar-refractivity contribution in [3.63, 3.8) is 0 Å².